The molecule has 9 heteroatoms. The molecule has 4 rings (SSSR count). The highest BCUT2D eigenvalue weighted by Gasteiger charge is 2.28. The summed E-state index contributed by atoms with van der Waals surface area (Å²) in [4.78, 5) is 29.1. The lowest BCUT2D eigenvalue weighted by Gasteiger charge is -2.13. The zero-order valence-corrected chi connectivity index (χ0v) is 17.3. The highest BCUT2D eigenvalue weighted by atomic mass is 32.1. The molecule has 0 atom stereocenters. The van der Waals surface area contributed by atoms with E-state index in [-0.39, 0.29) is 17.6 Å². The van der Waals surface area contributed by atoms with E-state index in [1.165, 1.54) is 11.3 Å². The number of carbonyl (C=O) groups excluding carboxylic acids is 2. The number of nitrogens with one attached hydrogen (secondary N) is 2. The molecule has 0 radical (unpaired) electrons. The molecule has 2 N–H and O–H groups in total. The maximum Gasteiger partial charge on any atom is 0.293 e. The molecule has 3 aromatic rings. The summed E-state index contributed by atoms with van der Waals surface area (Å²) in [7, 11) is 1.57. The number of hydrogen-bond donors (Lipinski definition) is 2. The number of aryl methyl sites for hydroxylation is 1. The molecular formula is C21H20N4O4S. The Morgan fingerprint density at radius 3 is 2.70 bits per heavy atom. The fourth-order valence-corrected chi connectivity index (χ4v) is 3.88. The largest absolute Gasteiger partial charge is 0.497 e. The van der Waals surface area contributed by atoms with Crippen LogP contribution in [0.3, 0.4) is 0 Å². The van der Waals surface area contributed by atoms with E-state index < -0.39 is 0 Å². The van der Waals surface area contributed by atoms with Gasteiger partial charge in [-0.25, -0.2) is 10.4 Å². The minimum absolute atomic E-state index is 0.242. The number of benzene rings is 1. The molecule has 2 amide bonds. The molecule has 0 spiro atoms. The fraction of sp³-hybridized carbons (Fsp3) is 0.238. The predicted molar refractivity (Wildman–Crippen MR) is 113 cm³/mol. The van der Waals surface area contributed by atoms with E-state index in [2.05, 4.69) is 20.8 Å². The summed E-state index contributed by atoms with van der Waals surface area (Å²) in [6.45, 7) is 1.82. The summed E-state index contributed by atoms with van der Waals surface area (Å²) in [5, 5.41) is 9.37. The van der Waals surface area contributed by atoms with E-state index in [1.807, 2.05) is 6.92 Å². The van der Waals surface area contributed by atoms with Crippen LogP contribution in [0.4, 0.5) is 5.13 Å². The van der Waals surface area contributed by atoms with Crippen LogP contribution < -0.4 is 15.5 Å². The molecule has 1 aliphatic rings. The molecule has 0 saturated heterocycles. The Bertz CT molecular complexity index is 1100. The van der Waals surface area contributed by atoms with E-state index in [0.717, 1.165) is 12.0 Å². The van der Waals surface area contributed by atoms with Gasteiger partial charge in [0, 0.05) is 34.7 Å². The predicted octanol–water partition coefficient (Wildman–Crippen LogP) is 3.78. The number of hydrogen-bond acceptors (Lipinski definition) is 7. The van der Waals surface area contributed by atoms with Crippen molar-refractivity contribution in [3.05, 3.63) is 64.1 Å². The standard InChI is InChI=1S/C21H20N4O4S/c1-12-17-15(24-25-19(26)13-6-8-14(28-2)9-7-13)4-3-5-16(17)29-18(12)20(27)23-21-22-10-11-30-21/h6-11H,3-5H2,1-2H3,(H,25,26)(H,22,23,27)/b24-15+. The molecule has 30 heavy (non-hydrogen) atoms. The lowest BCUT2D eigenvalue weighted by Crippen LogP contribution is -2.22. The van der Waals surface area contributed by atoms with Crippen LogP contribution in [0.25, 0.3) is 0 Å². The van der Waals surface area contributed by atoms with Crippen LogP contribution in [-0.4, -0.2) is 29.6 Å². The van der Waals surface area contributed by atoms with Crippen molar-refractivity contribution in [2.45, 2.75) is 26.2 Å². The van der Waals surface area contributed by atoms with Gasteiger partial charge in [-0.05, 0) is 44.0 Å². The quantitative estimate of drug-likeness (QED) is 0.607. The highest BCUT2D eigenvalue weighted by molar-refractivity contribution is 7.13. The molecule has 2 heterocycles. The van der Waals surface area contributed by atoms with Crippen molar-refractivity contribution in [3.63, 3.8) is 0 Å². The van der Waals surface area contributed by atoms with Crippen molar-refractivity contribution in [1.82, 2.24) is 10.4 Å². The van der Waals surface area contributed by atoms with Crippen molar-refractivity contribution in [3.8, 4) is 5.75 Å². The van der Waals surface area contributed by atoms with Crippen molar-refractivity contribution in [1.29, 1.82) is 0 Å². The number of amides is 2. The van der Waals surface area contributed by atoms with E-state index in [1.54, 1.807) is 43.0 Å². The average Bonchev–Trinajstić information content (AvgIpc) is 3.40. The number of aromatic nitrogens is 1. The first-order chi connectivity index (χ1) is 14.6. The number of anilines is 1. The zero-order chi connectivity index (χ0) is 21.1. The summed E-state index contributed by atoms with van der Waals surface area (Å²) in [6, 6.07) is 6.78. The first-order valence-electron chi connectivity index (χ1n) is 9.41. The SMILES string of the molecule is COc1ccc(C(=O)N/N=C2\CCCc3oc(C(=O)Nc4nccs4)c(C)c32)cc1. The van der Waals surface area contributed by atoms with Crippen molar-refractivity contribution in [2.75, 3.05) is 12.4 Å². The van der Waals surface area contributed by atoms with Crippen molar-refractivity contribution >= 4 is 34.0 Å². The first-order valence-corrected chi connectivity index (χ1v) is 10.3. The lowest BCUT2D eigenvalue weighted by atomic mass is 9.93. The van der Waals surface area contributed by atoms with Crippen molar-refractivity contribution < 1.29 is 18.7 Å². The Balaban J connectivity index is 1.54. The molecule has 0 bridgehead atoms. The summed E-state index contributed by atoms with van der Waals surface area (Å²) in [5.74, 6) is 0.956. The molecule has 8 nitrogen and oxygen atoms in total. The minimum atomic E-state index is -0.349. The van der Waals surface area contributed by atoms with Crippen LogP contribution in [0.2, 0.25) is 0 Å². The van der Waals surface area contributed by atoms with Gasteiger partial charge in [0.25, 0.3) is 11.8 Å². The molecule has 0 unspecified atom stereocenters. The van der Waals surface area contributed by atoms with Gasteiger partial charge in [0.2, 0.25) is 0 Å². The number of thiazole rings is 1. The Labute approximate surface area is 177 Å². The van der Waals surface area contributed by atoms with Gasteiger partial charge in [-0.2, -0.15) is 5.10 Å². The Hall–Kier alpha value is -3.46. The number of fused-ring (bicyclic) bond motifs is 1. The zero-order valence-electron chi connectivity index (χ0n) is 16.5. The van der Waals surface area contributed by atoms with Gasteiger partial charge in [0.05, 0.1) is 12.8 Å². The molecule has 1 aliphatic carbocycles. The number of furan rings is 1. The van der Waals surface area contributed by atoms with E-state index in [0.29, 0.717) is 46.3 Å². The smallest absolute Gasteiger partial charge is 0.293 e. The van der Waals surface area contributed by atoms with Gasteiger partial charge in [0.15, 0.2) is 10.9 Å². The number of rotatable bonds is 5. The molecule has 1 aromatic carbocycles. The molecule has 0 aliphatic heterocycles. The third-order valence-electron chi connectivity index (χ3n) is 4.83. The summed E-state index contributed by atoms with van der Waals surface area (Å²) in [6.07, 6.45) is 3.84. The molecular weight excluding hydrogens is 404 g/mol. The lowest BCUT2D eigenvalue weighted by molar-refractivity contribution is 0.0953. The Morgan fingerprint density at radius 2 is 2.00 bits per heavy atom. The number of hydrazone groups is 1. The molecule has 2 aromatic heterocycles. The molecule has 154 valence electrons. The van der Waals surface area contributed by atoms with Crippen LogP contribution in [0.15, 0.2) is 45.4 Å². The van der Waals surface area contributed by atoms with Gasteiger partial charge >= 0.3 is 0 Å². The average molecular weight is 424 g/mol. The van der Waals surface area contributed by atoms with Crippen LogP contribution in [0.5, 0.6) is 5.75 Å². The topological polar surface area (TPSA) is 106 Å². The fourth-order valence-electron chi connectivity index (χ4n) is 3.36. The monoisotopic (exact) mass is 424 g/mol. The van der Waals surface area contributed by atoms with Crippen LogP contribution in [-0.2, 0) is 6.42 Å². The normalized spacial score (nSPS) is 14.3. The highest BCUT2D eigenvalue weighted by Crippen LogP contribution is 2.30. The summed E-state index contributed by atoms with van der Waals surface area (Å²) in [5.41, 5.74) is 5.28. The second kappa shape index (κ2) is 8.50. The maximum absolute atomic E-state index is 12.6. The number of nitrogens with zero attached hydrogens (tertiary/aromatic N) is 2. The van der Waals surface area contributed by atoms with Gasteiger partial charge in [-0.15, -0.1) is 11.3 Å². The van der Waals surface area contributed by atoms with E-state index in [9.17, 15) is 9.59 Å². The van der Waals surface area contributed by atoms with Crippen LogP contribution in [0.1, 0.15) is 50.6 Å². The van der Waals surface area contributed by atoms with Crippen LogP contribution in [0, 0.1) is 6.92 Å². The van der Waals surface area contributed by atoms with E-state index >= 15 is 0 Å². The Kier molecular flexibility index (Phi) is 5.62. The van der Waals surface area contributed by atoms with Crippen LogP contribution >= 0.6 is 11.3 Å². The Morgan fingerprint density at radius 1 is 1.20 bits per heavy atom. The third kappa shape index (κ3) is 3.97. The molecule has 0 fully saturated rings. The van der Waals surface area contributed by atoms with Gasteiger partial charge < -0.3 is 9.15 Å². The van der Waals surface area contributed by atoms with E-state index in [4.69, 9.17) is 9.15 Å². The summed E-state index contributed by atoms with van der Waals surface area (Å²) < 4.78 is 11.0. The first kappa shape index (κ1) is 19.8. The number of carbonyl (C=O) groups is 2. The van der Waals surface area contributed by atoms with Gasteiger partial charge in [0.1, 0.15) is 11.5 Å². The van der Waals surface area contributed by atoms with Gasteiger partial charge in [-0.1, -0.05) is 0 Å². The minimum Gasteiger partial charge on any atom is -0.497 e. The number of methoxy groups -OCH3 is 1. The second-order valence-electron chi connectivity index (χ2n) is 6.73. The third-order valence-corrected chi connectivity index (χ3v) is 5.52. The number of ether oxygens (including phenoxy) is 1. The second-order valence-corrected chi connectivity index (χ2v) is 7.62. The summed E-state index contributed by atoms with van der Waals surface area (Å²) >= 11 is 1.33. The molecule has 0 saturated carbocycles. The van der Waals surface area contributed by atoms with Gasteiger partial charge in [-0.3, -0.25) is 14.9 Å². The maximum atomic E-state index is 12.6. The van der Waals surface area contributed by atoms with Crippen molar-refractivity contribution in [2.24, 2.45) is 5.10 Å².